The van der Waals surface area contributed by atoms with Crippen molar-refractivity contribution in [2.75, 3.05) is 34.3 Å². The summed E-state index contributed by atoms with van der Waals surface area (Å²) >= 11 is 0. The van der Waals surface area contributed by atoms with Gasteiger partial charge in [-0.25, -0.2) is 0 Å². The topological polar surface area (TPSA) is 24.5 Å². The molecule has 2 unspecified atom stereocenters. The number of methoxy groups -OCH3 is 1. The highest BCUT2D eigenvalue weighted by atomic mass is 16.5. The first-order valence-corrected chi connectivity index (χ1v) is 4.16. The molecular formula is C8H18N2O. The number of likely N-dealkylation sites (N-methyl/N-ethyl adjacent to an activating group) is 2. The summed E-state index contributed by atoms with van der Waals surface area (Å²) in [7, 11) is 5.94. The van der Waals surface area contributed by atoms with Gasteiger partial charge >= 0.3 is 0 Å². The van der Waals surface area contributed by atoms with Gasteiger partial charge in [0.2, 0.25) is 0 Å². The minimum atomic E-state index is 0.399. The van der Waals surface area contributed by atoms with Crippen molar-refractivity contribution in [1.82, 2.24) is 10.2 Å². The summed E-state index contributed by atoms with van der Waals surface area (Å²) in [6.07, 6.45) is 1.54. The summed E-state index contributed by atoms with van der Waals surface area (Å²) in [4.78, 5) is 2.33. The van der Waals surface area contributed by atoms with Crippen molar-refractivity contribution >= 4 is 0 Å². The van der Waals surface area contributed by atoms with Crippen LogP contribution in [0.1, 0.15) is 6.42 Å². The average Bonchev–Trinajstić information content (AvgIpc) is 2.04. The first kappa shape index (κ1) is 8.97. The molecule has 0 spiro atoms. The molecule has 0 radical (unpaired) electrons. The summed E-state index contributed by atoms with van der Waals surface area (Å²) in [5.41, 5.74) is 0. The Kier molecular flexibility index (Phi) is 3.30. The standard InChI is InChI=1S/C8H18N2O/c1-9-7-6-10(2)5-4-8(7)11-3/h7-9H,4-6H2,1-3H3. The first-order chi connectivity index (χ1) is 5.27. The summed E-state index contributed by atoms with van der Waals surface area (Å²) in [5.74, 6) is 0. The van der Waals surface area contributed by atoms with Crippen molar-refractivity contribution in [2.24, 2.45) is 0 Å². The van der Waals surface area contributed by atoms with Gasteiger partial charge in [-0.1, -0.05) is 0 Å². The van der Waals surface area contributed by atoms with Crippen LogP contribution in [0.25, 0.3) is 0 Å². The van der Waals surface area contributed by atoms with Crippen LogP contribution in [-0.4, -0.2) is 51.3 Å². The molecule has 0 saturated carbocycles. The first-order valence-electron chi connectivity index (χ1n) is 4.16. The maximum atomic E-state index is 5.35. The fraction of sp³-hybridized carbons (Fsp3) is 1.00. The van der Waals surface area contributed by atoms with E-state index >= 15 is 0 Å². The number of hydrogen-bond donors (Lipinski definition) is 1. The third kappa shape index (κ3) is 2.15. The Hall–Kier alpha value is -0.120. The summed E-state index contributed by atoms with van der Waals surface area (Å²) in [6.45, 7) is 2.24. The Morgan fingerprint density at radius 2 is 2.27 bits per heavy atom. The molecule has 0 bridgehead atoms. The lowest BCUT2D eigenvalue weighted by Gasteiger charge is -2.35. The molecule has 1 rings (SSSR count). The molecule has 0 aromatic carbocycles. The number of likely N-dealkylation sites (tertiary alicyclic amines) is 1. The number of rotatable bonds is 2. The Balaban J connectivity index is 2.41. The third-order valence-electron chi connectivity index (χ3n) is 2.43. The molecule has 1 N–H and O–H groups in total. The molecule has 3 heteroatoms. The molecular weight excluding hydrogens is 140 g/mol. The van der Waals surface area contributed by atoms with E-state index in [0.717, 1.165) is 19.5 Å². The van der Waals surface area contributed by atoms with Crippen LogP contribution in [0.4, 0.5) is 0 Å². The number of hydrogen-bond acceptors (Lipinski definition) is 3. The third-order valence-corrected chi connectivity index (χ3v) is 2.43. The van der Waals surface area contributed by atoms with E-state index in [4.69, 9.17) is 4.74 Å². The van der Waals surface area contributed by atoms with Gasteiger partial charge in [-0.3, -0.25) is 0 Å². The van der Waals surface area contributed by atoms with E-state index < -0.39 is 0 Å². The highest BCUT2D eigenvalue weighted by molar-refractivity contribution is 4.83. The fourth-order valence-electron chi connectivity index (χ4n) is 1.65. The zero-order valence-electron chi connectivity index (χ0n) is 7.63. The maximum absolute atomic E-state index is 5.35. The summed E-state index contributed by atoms with van der Waals surface area (Å²) < 4.78 is 5.35. The van der Waals surface area contributed by atoms with Crippen molar-refractivity contribution in [2.45, 2.75) is 18.6 Å². The molecule has 1 aliphatic rings. The van der Waals surface area contributed by atoms with Crippen LogP contribution in [0.15, 0.2) is 0 Å². The van der Waals surface area contributed by atoms with Crippen molar-refractivity contribution in [3.8, 4) is 0 Å². The predicted molar refractivity (Wildman–Crippen MR) is 45.8 cm³/mol. The van der Waals surface area contributed by atoms with Crippen LogP contribution in [-0.2, 0) is 4.74 Å². The number of nitrogens with one attached hydrogen (secondary N) is 1. The van der Waals surface area contributed by atoms with Crippen LogP contribution < -0.4 is 5.32 Å². The van der Waals surface area contributed by atoms with Crippen LogP contribution in [0.5, 0.6) is 0 Å². The van der Waals surface area contributed by atoms with Crippen LogP contribution >= 0.6 is 0 Å². The quantitative estimate of drug-likeness (QED) is 0.608. The maximum Gasteiger partial charge on any atom is 0.0748 e. The molecule has 0 aromatic heterocycles. The normalized spacial score (nSPS) is 34.1. The zero-order valence-corrected chi connectivity index (χ0v) is 7.63. The lowest BCUT2D eigenvalue weighted by atomic mass is 10.0. The van der Waals surface area contributed by atoms with Gasteiger partial charge in [0, 0.05) is 26.2 Å². The Bertz CT molecular complexity index is 119. The summed E-state index contributed by atoms with van der Waals surface area (Å²) in [5, 5.41) is 3.27. The molecule has 3 nitrogen and oxygen atoms in total. The minimum absolute atomic E-state index is 0.399. The van der Waals surface area contributed by atoms with E-state index in [1.54, 1.807) is 7.11 Å². The predicted octanol–water partition coefficient (Wildman–Crippen LogP) is -0.0751. The highest BCUT2D eigenvalue weighted by Crippen LogP contribution is 2.11. The van der Waals surface area contributed by atoms with Crippen molar-refractivity contribution < 1.29 is 4.74 Å². The van der Waals surface area contributed by atoms with Gasteiger partial charge < -0.3 is 15.0 Å². The number of nitrogens with zero attached hydrogens (tertiary/aromatic N) is 1. The lowest BCUT2D eigenvalue weighted by molar-refractivity contribution is 0.0217. The molecule has 1 fully saturated rings. The van der Waals surface area contributed by atoms with E-state index in [0.29, 0.717) is 12.1 Å². The van der Waals surface area contributed by atoms with E-state index in [-0.39, 0.29) is 0 Å². The molecule has 0 aliphatic carbocycles. The van der Waals surface area contributed by atoms with E-state index in [1.165, 1.54) is 0 Å². The van der Waals surface area contributed by atoms with Crippen LogP contribution in [0, 0.1) is 0 Å². The molecule has 1 heterocycles. The molecule has 0 aromatic rings. The second-order valence-electron chi connectivity index (χ2n) is 3.22. The smallest absolute Gasteiger partial charge is 0.0748 e. The second-order valence-corrected chi connectivity index (χ2v) is 3.22. The van der Waals surface area contributed by atoms with Gasteiger partial charge in [-0.2, -0.15) is 0 Å². The number of ether oxygens (including phenoxy) is 1. The van der Waals surface area contributed by atoms with Gasteiger partial charge in [0.05, 0.1) is 6.10 Å². The molecule has 1 saturated heterocycles. The zero-order chi connectivity index (χ0) is 8.27. The van der Waals surface area contributed by atoms with Crippen molar-refractivity contribution in [1.29, 1.82) is 0 Å². The molecule has 0 amide bonds. The monoisotopic (exact) mass is 158 g/mol. The van der Waals surface area contributed by atoms with Gasteiger partial charge in [0.1, 0.15) is 0 Å². The van der Waals surface area contributed by atoms with Gasteiger partial charge in [0.25, 0.3) is 0 Å². The Morgan fingerprint density at radius 3 is 2.82 bits per heavy atom. The van der Waals surface area contributed by atoms with Crippen LogP contribution in [0.3, 0.4) is 0 Å². The van der Waals surface area contributed by atoms with Crippen molar-refractivity contribution in [3.63, 3.8) is 0 Å². The Labute approximate surface area is 68.7 Å². The summed E-state index contributed by atoms with van der Waals surface area (Å²) in [6, 6.07) is 0.499. The van der Waals surface area contributed by atoms with E-state index in [1.807, 2.05) is 7.05 Å². The molecule has 1 aliphatic heterocycles. The largest absolute Gasteiger partial charge is 0.380 e. The molecule has 2 atom stereocenters. The number of piperidine rings is 1. The molecule has 66 valence electrons. The SMILES string of the molecule is CNC1CN(C)CCC1OC. The minimum Gasteiger partial charge on any atom is -0.380 e. The van der Waals surface area contributed by atoms with Gasteiger partial charge in [-0.15, -0.1) is 0 Å². The lowest BCUT2D eigenvalue weighted by Crippen LogP contribution is -2.51. The average molecular weight is 158 g/mol. The fourth-order valence-corrected chi connectivity index (χ4v) is 1.65. The van der Waals surface area contributed by atoms with Crippen LogP contribution in [0.2, 0.25) is 0 Å². The van der Waals surface area contributed by atoms with Gasteiger partial charge in [-0.05, 0) is 20.5 Å². The molecule has 11 heavy (non-hydrogen) atoms. The van der Waals surface area contributed by atoms with Crippen molar-refractivity contribution in [3.05, 3.63) is 0 Å². The van der Waals surface area contributed by atoms with E-state index in [2.05, 4.69) is 17.3 Å². The van der Waals surface area contributed by atoms with E-state index in [9.17, 15) is 0 Å². The Morgan fingerprint density at radius 1 is 1.55 bits per heavy atom. The second kappa shape index (κ2) is 4.04. The van der Waals surface area contributed by atoms with Gasteiger partial charge in [0.15, 0.2) is 0 Å². The highest BCUT2D eigenvalue weighted by Gasteiger charge is 2.25.